The molecule has 1 aromatic carbocycles. The number of rotatable bonds is 7. The number of aromatic nitrogens is 3. The van der Waals surface area contributed by atoms with Gasteiger partial charge in [-0.25, -0.2) is 5.43 Å². The summed E-state index contributed by atoms with van der Waals surface area (Å²) in [5, 5.41) is 12.2. The molecule has 0 unspecified atom stereocenters. The lowest BCUT2D eigenvalue weighted by Crippen LogP contribution is -2.20. The number of nitrogens with one attached hydrogen (secondary N) is 1. The van der Waals surface area contributed by atoms with Crippen LogP contribution in [0.5, 0.6) is 11.5 Å². The lowest BCUT2D eigenvalue weighted by molar-refractivity contribution is -0.118. The molecule has 1 heterocycles. The molecule has 0 bridgehead atoms. The monoisotopic (exact) mass is 335 g/mol. The van der Waals surface area contributed by atoms with E-state index in [-0.39, 0.29) is 11.7 Å². The first-order chi connectivity index (χ1) is 11.2. The van der Waals surface area contributed by atoms with Crippen molar-refractivity contribution < 1.29 is 14.3 Å². The number of thioether (sulfide) groups is 1. The summed E-state index contributed by atoms with van der Waals surface area (Å²) in [4.78, 5) is 11.8. The molecular formula is C14H17N5O3S. The fourth-order valence-electron chi connectivity index (χ4n) is 1.75. The van der Waals surface area contributed by atoms with Gasteiger partial charge in [0, 0.05) is 12.6 Å². The molecule has 0 saturated carbocycles. The van der Waals surface area contributed by atoms with Gasteiger partial charge in [-0.15, -0.1) is 10.2 Å². The van der Waals surface area contributed by atoms with Gasteiger partial charge in [-0.05, 0) is 12.1 Å². The molecule has 2 rings (SSSR count). The van der Waals surface area contributed by atoms with E-state index in [1.165, 1.54) is 18.0 Å². The Bertz CT molecular complexity index is 701. The maximum absolute atomic E-state index is 11.8. The molecular weight excluding hydrogens is 318 g/mol. The molecule has 0 aliphatic heterocycles. The number of hydrazone groups is 1. The van der Waals surface area contributed by atoms with E-state index in [2.05, 4.69) is 20.7 Å². The minimum atomic E-state index is -0.240. The average molecular weight is 335 g/mol. The van der Waals surface area contributed by atoms with Crippen molar-refractivity contribution in [3.8, 4) is 11.5 Å². The SMILES string of the molecule is COc1cccc(C=NNC(=O)CSc2nncn2C)c1OC. The normalized spacial score (nSPS) is 10.7. The summed E-state index contributed by atoms with van der Waals surface area (Å²) in [7, 11) is 4.92. The third-order valence-corrected chi connectivity index (χ3v) is 3.86. The molecule has 8 nitrogen and oxygen atoms in total. The molecule has 0 radical (unpaired) electrons. The fourth-order valence-corrected chi connectivity index (χ4v) is 2.43. The Labute approximate surface area is 137 Å². The minimum Gasteiger partial charge on any atom is -0.493 e. The van der Waals surface area contributed by atoms with Crippen LogP contribution in [0.25, 0.3) is 0 Å². The second-order valence-electron chi connectivity index (χ2n) is 4.39. The van der Waals surface area contributed by atoms with E-state index >= 15 is 0 Å². The summed E-state index contributed by atoms with van der Waals surface area (Å²) in [5.74, 6) is 1.11. The highest BCUT2D eigenvalue weighted by molar-refractivity contribution is 7.99. The summed E-state index contributed by atoms with van der Waals surface area (Å²) in [6.07, 6.45) is 3.08. The summed E-state index contributed by atoms with van der Waals surface area (Å²) < 4.78 is 12.2. The highest BCUT2D eigenvalue weighted by Gasteiger charge is 2.08. The van der Waals surface area contributed by atoms with Crippen molar-refractivity contribution in [3.05, 3.63) is 30.1 Å². The Morgan fingerprint density at radius 2 is 2.26 bits per heavy atom. The van der Waals surface area contributed by atoms with Crippen molar-refractivity contribution in [1.82, 2.24) is 20.2 Å². The number of nitrogens with zero attached hydrogens (tertiary/aromatic N) is 4. The Kier molecular flexibility index (Phi) is 5.98. The molecule has 0 aliphatic rings. The van der Waals surface area contributed by atoms with Gasteiger partial charge in [0.25, 0.3) is 5.91 Å². The number of ether oxygens (including phenoxy) is 2. The van der Waals surface area contributed by atoms with Crippen LogP contribution in [0.1, 0.15) is 5.56 Å². The molecule has 1 amide bonds. The zero-order valence-corrected chi connectivity index (χ0v) is 13.8. The van der Waals surface area contributed by atoms with Crippen LogP contribution >= 0.6 is 11.8 Å². The fraction of sp³-hybridized carbons (Fsp3) is 0.286. The maximum Gasteiger partial charge on any atom is 0.250 e. The number of benzene rings is 1. The highest BCUT2D eigenvalue weighted by Crippen LogP contribution is 2.29. The van der Waals surface area contributed by atoms with E-state index in [9.17, 15) is 4.79 Å². The smallest absolute Gasteiger partial charge is 0.250 e. The molecule has 0 fully saturated rings. The molecule has 9 heteroatoms. The highest BCUT2D eigenvalue weighted by atomic mass is 32.2. The van der Waals surface area contributed by atoms with Crippen molar-refractivity contribution in [2.75, 3.05) is 20.0 Å². The van der Waals surface area contributed by atoms with Gasteiger partial charge in [0.05, 0.1) is 26.2 Å². The zero-order valence-electron chi connectivity index (χ0n) is 13.0. The topological polar surface area (TPSA) is 90.6 Å². The van der Waals surface area contributed by atoms with Gasteiger partial charge in [-0.3, -0.25) is 4.79 Å². The first-order valence-corrected chi connectivity index (χ1v) is 7.64. The van der Waals surface area contributed by atoms with Crippen molar-refractivity contribution in [2.24, 2.45) is 12.1 Å². The van der Waals surface area contributed by atoms with Crippen molar-refractivity contribution in [3.63, 3.8) is 0 Å². The second-order valence-corrected chi connectivity index (χ2v) is 5.33. The number of hydrogen-bond acceptors (Lipinski definition) is 7. The first-order valence-electron chi connectivity index (χ1n) is 6.65. The van der Waals surface area contributed by atoms with Crippen molar-refractivity contribution in [2.45, 2.75) is 5.16 Å². The molecule has 0 spiro atoms. The average Bonchev–Trinajstić information content (AvgIpc) is 2.97. The van der Waals surface area contributed by atoms with Crippen molar-refractivity contribution in [1.29, 1.82) is 0 Å². The largest absolute Gasteiger partial charge is 0.493 e. The van der Waals surface area contributed by atoms with E-state index in [4.69, 9.17) is 9.47 Å². The predicted octanol–water partition coefficient (Wildman–Crippen LogP) is 1.07. The number of para-hydroxylation sites is 1. The summed E-state index contributed by atoms with van der Waals surface area (Å²) >= 11 is 1.28. The Balaban J connectivity index is 1.91. The number of carbonyl (C=O) groups excluding carboxylic acids is 1. The number of methoxy groups -OCH3 is 2. The predicted molar refractivity (Wildman–Crippen MR) is 87.0 cm³/mol. The number of carbonyl (C=O) groups is 1. The van der Waals surface area contributed by atoms with Gasteiger partial charge in [-0.1, -0.05) is 17.8 Å². The van der Waals surface area contributed by atoms with Gasteiger partial charge < -0.3 is 14.0 Å². The second kappa shape index (κ2) is 8.18. The summed E-state index contributed by atoms with van der Waals surface area (Å²) in [6.45, 7) is 0. The van der Waals surface area contributed by atoms with Gasteiger partial charge in [0.15, 0.2) is 16.7 Å². The number of amides is 1. The molecule has 122 valence electrons. The third kappa shape index (κ3) is 4.46. The molecule has 1 N–H and O–H groups in total. The van der Waals surface area contributed by atoms with E-state index < -0.39 is 0 Å². The quantitative estimate of drug-likeness (QED) is 0.462. The Morgan fingerprint density at radius 3 is 2.91 bits per heavy atom. The Hall–Kier alpha value is -2.55. The van der Waals surface area contributed by atoms with Crippen molar-refractivity contribution >= 4 is 23.9 Å². The first kappa shape index (κ1) is 16.8. The molecule has 0 atom stereocenters. The lowest BCUT2D eigenvalue weighted by atomic mass is 10.2. The van der Waals surface area contributed by atoms with Gasteiger partial charge in [0.2, 0.25) is 0 Å². The van der Waals surface area contributed by atoms with Crippen LogP contribution in [0.2, 0.25) is 0 Å². The molecule has 2 aromatic rings. The maximum atomic E-state index is 11.8. The molecule has 23 heavy (non-hydrogen) atoms. The van der Waals surface area contributed by atoms with Gasteiger partial charge in [0.1, 0.15) is 6.33 Å². The molecule has 0 aliphatic carbocycles. The standard InChI is InChI=1S/C14H17N5O3S/c1-19-9-16-18-14(19)23-8-12(20)17-15-7-10-5-4-6-11(21-2)13(10)22-3/h4-7,9H,8H2,1-3H3,(H,17,20). The Morgan fingerprint density at radius 1 is 1.43 bits per heavy atom. The zero-order chi connectivity index (χ0) is 16.7. The number of hydrogen-bond donors (Lipinski definition) is 1. The van der Waals surface area contributed by atoms with Crippen LogP contribution in [-0.2, 0) is 11.8 Å². The van der Waals surface area contributed by atoms with Crippen LogP contribution in [-0.4, -0.2) is 46.9 Å². The molecule has 1 aromatic heterocycles. The third-order valence-electron chi connectivity index (χ3n) is 2.83. The van der Waals surface area contributed by atoms with Crippen LogP contribution in [0.3, 0.4) is 0 Å². The summed E-state index contributed by atoms with van der Waals surface area (Å²) in [5.41, 5.74) is 3.16. The van der Waals surface area contributed by atoms with Gasteiger partial charge in [-0.2, -0.15) is 5.10 Å². The van der Waals surface area contributed by atoms with Crippen LogP contribution in [0, 0.1) is 0 Å². The van der Waals surface area contributed by atoms with E-state index in [0.717, 1.165) is 0 Å². The van der Waals surface area contributed by atoms with Crippen LogP contribution in [0.4, 0.5) is 0 Å². The number of aryl methyl sites for hydroxylation is 1. The van der Waals surface area contributed by atoms with E-state index in [0.29, 0.717) is 22.2 Å². The lowest BCUT2D eigenvalue weighted by Gasteiger charge is -2.09. The van der Waals surface area contributed by atoms with Gasteiger partial charge >= 0.3 is 0 Å². The minimum absolute atomic E-state index is 0.194. The van der Waals surface area contributed by atoms with E-state index in [1.807, 2.05) is 19.2 Å². The molecule has 0 saturated heterocycles. The van der Waals surface area contributed by atoms with E-state index in [1.54, 1.807) is 31.2 Å². The van der Waals surface area contributed by atoms with Crippen LogP contribution < -0.4 is 14.9 Å². The van der Waals surface area contributed by atoms with Crippen LogP contribution in [0.15, 0.2) is 34.8 Å². The summed E-state index contributed by atoms with van der Waals surface area (Å²) in [6, 6.07) is 5.41.